The molecule has 0 bridgehead atoms. The van der Waals surface area contributed by atoms with Crippen LogP contribution in [0.3, 0.4) is 0 Å². The minimum Gasteiger partial charge on any atom is -1.00 e. The van der Waals surface area contributed by atoms with E-state index < -0.39 is 0 Å². The van der Waals surface area contributed by atoms with Crippen LogP contribution < -0.4 is 22.7 Å². The molecule has 2 N–H and O–H groups in total. The Balaban J connectivity index is 0.00000121. The first-order valence-corrected chi connectivity index (χ1v) is 4.17. The summed E-state index contributed by atoms with van der Waals surface area (Å²) in [4.78, 5) is 0. The molecule has 0 aliphatic heterocycles. The largest absolute Gasteiger partial charge is 1.00 e. The third kappa shape index (κ3) is 3.99. The number of quaternary nitrogens is 1. The van der Waals surface area contributed by atoms with E-state index in [0.29, 0.717) is 5.13 Å². The number of anilines is 1. The van der Waals surface area contributed by atoms with Crippen LogP contribution in [0.15, 0.2) is 0 Å². The van der Waals surface area contributed by atoms with Crippen LogP contribution in [0, 0.1) is 0 Å². The van der Waals surface area contributed by atoms with Gasteiger partial charge in [-0.05, 0) is 0 Å². The zero-order valence-electron chi connectivity index (χ0n) is 7.41. The molecule has 1 rings (SSSR count). The highest BCUT2D eigenvalue weighted by atomic mass is 79.9. The average Bonchev–Trinajstić information content (AvgIpc) is 2.10. The summed E-state index contributed by atoms with van der Waals surface area (Å²) in [6.07, 6.45) is 0. The van der Waals surface area contributed by atoms with Crippen LogP contribution in [0.5, 0.6) is 0 Å². The van der Waals surface area contributed by atoms with E-state index in [1.807, 2.05) is 0 Å². The Labute approximate surface area is 86.8 Å². The van der Waals surface area contributed by atoms with Gasteiger partial charge in [0, 0.05) is 0 Å². The summed E-state index contributed by atoms with van der Waals surface area (Å²) in [6.45, 7) is 0.884. The highest BCUT2D eigenvalue weighted by Crippen LogP contribution is 2.13. The molecule has 6 heteroatoms. The van der Waals surface area contributed by atoms with Crippen LogP contribution >= 0.6 is 11.3 Å². The molecule has 0 saturated carbocycles. The fraction of sp³-hybridized carbons (Fsp3) is 0.667. The monoisotopic (exact) mass is 252 g/mol. The first-order chi connectivity index (χ1) is 4.97. The molecule has 0 amide bonds. The van der Waals surface area contributed by atoms with Crippen LogP contribution in [0.1, 0.15) is 5.01 Å². The first-order valence-electron chi connectivity index (χ1n) is 3.36. The highest BCUT2D eigenvalue weighted by molar-refractivity contribution is 7.15. The van der Waals surface area contributed by atoms with Crippen molar-refractivity contribution in [2.24, 2.45) is 0 Å². The predicted octanol–water partition coefficient (Wildman–Crippen LogP) is -2.67. The van der Waals surface area contributed by atoms with Crippen LogP contribution in [-0.4, -0.2) is 35.8 Å². The molecule has 0 atom stereocenters. The summed E-state index contributed by atoms with van der Waals surface area (Å²) in [6, 6.07) is 0. The van der Waals surface area contributed by atoms with Gasteiger partial charge in [-0.15, -0.1) is 10.2 Å². The maximum Gasteiger partial charge on any atom is 0.203 e. The second-order valence-corrected chi connectivity index (χ2v) is 4.58. The van der Waals surface area contributed by atoms with Crippen molar-refractivity contribution in [1.29, 1.82) is 0 Å². The Kier molecular flexibility index (Phi) is 4.09. The van der Waals surface area contributed by atoms with Gasteiger partial charge in [-0.1, -0.05) is 11.3 Å². The Morgan fingerprint density at radius 2 is 1.92 bits per heavy atom. The van der Waals surface area contributed by atoms with Gasteiger partial charge in [-0.3, -0.25) is 0 Å². The summed E-state index contributed by atoms with van der Waals surface area (Å²) >= 11 is 1.45. The van der Waals surface area contributed by atoms with Crippen molar-refractivity contribution in [2.75, 3.05) is 26.9 Å². The Bertz CT molecular complexity index is 242. The van der Waals surface area contributed by atoms with E-state index in [0.717, 1.165) is 16.0 Å². The van der Waals surface area contributed by atoms with E-state index in [4.69, 9.17) is 5.73 Å². The minimum absolute atomic E-state index is 0. The van der Waals surface area contributed by atoms with Crippen molar-refractivity contribution in [3.8, 4) is 0 Å². The van der Waals surface area contributed by atoms with Crippen molar-refractivity contribution in [3.05, 3.63) is 5.01 Å². The SMILES string of the molecule is C[N+](C)(C)Cc1nnc(N)s1.[Br-]. The quantitative estimate of drug-likeness (QED) is 0.585. The molecule has 4 nitrogen and oxygen atoms in total. The standard InChI is InChI=1S/C6H13N4S.BrH/c1-10(2,3)4-5-8-9-6(7)11-5;/h4H2,1-3H3,(H2,7,9);1H/q+1;/p-1. The molecule has 1 aromatic rings. The van der Waals surface area contributed by atoms with E-state index in [1.165, 1.54) is 11.3 Å². The number of aromatic nitrogens is 2. The van der Waals surface area contributed by atoms with Gasteiger partial charge < -0.3 is 27.2 Å². The number of hydrogen-bond acceptors (Lipinski definition) is 4. The summed E-state index contributed by atoms with van der Waals surface area (Å²) in [5, 5.41) is 9.21. The molecule has 0 aliphatic rings. The van der Waals surface area contributed by atoms with Crippen molar-refractivity contribution in [2.45, 2.75) is 6.54 Å². The molecule has 0 unspecified atom stereocenters. The number of nitrogens with zero attached hydrogens (tertiary/aromatic N) is 3. The third-order valence-electron chi connectivity index (χ3n) is 1.09. The first kappa shape index (κ1) is 11.8. The number of hydrogen-bond donors (Lipinski definition) is 1. The summed E-state index contributed by atoms with van der Waals surface area (Å²) in [5.41, 5.74) is 5.44. The normalized spacial score (nSPS) is 10.9. The molecule has 12 heavy (non-hydrogen) atoms. The number of nitrogens with two attached hydrogens (primary N) is 1. The second kappa shape index (κ2) is 4.15. The van der Waals surface area contributed by atoms with Gasteiger partial charge in [0.2, 0.25) is 5.13 Å². The van der Waals surface area contributed by atoms with Crippen molar-refractivity contribution in [1.82, 2.24) is 10.2 Å². The van der Waals surface area contributed by atoms with Gasteiger partial charge in [0.1, 0.15) is 6.54 Å². The molecule has 70 valence electrons. The smallest absolute Gasteiger partial charge is 0.203 e. The van der Waals surface area contributed by atoms with Gasteiger partial charge in [0.15, 0.2) is 5.01 Å². The molecule has 0 fully saturated rings. The van der Waals surface area contributed by atoms with Crippen molar-refractivity contribution in [3.63, 3.8) is 0 Å². The van der Waals surface area contributed by atoms with E-state index in [1.54, 1.807) is 0 Å². The van der Waals surface area contributed by atoms with E-state index >= 15 is 0 Å². The van der Waals surface area contributed by atoms with Gasteiger partial charge in [0.05, 0.1) is 21.1 Å². The maximum atomic E-state index is 5.44. The Morgan fingerprint density at radius 3 is 2.25 bits per heavy atom. The lowest BCUT2D eigenvalue weighted by atomic mass is 10.5. The lowest BCUT2D eigenvalue weighted by molar-refractivity contribution is -0.883. The molecule has 0 saturated heterocycles. The van der Waals surface area contributed by atoms with Crippen LogP contribution in [0.25, 0.3) is 0 Å². The Hall–Kier alpha value is -0.200. The van der Waals surface area contributed by atoms with Crippen LogP contribution in [-0.2, 0) is 6.54 Å². The fourth-order valence-corrected chi connectivity index (χ4v) is 1.59. The van der Waals surface area contributed by atoms with Crippen LogP contribution in [0.4, 0.5) is 5.13 Å². The van der Waals surface area contributed by atoms with Crippen molar-refractivity contribution >= 4 is 16.5 Å². The molecular formula is C6H13BrN4S. The summed E-state index contributed by atoms with van der Waals surface area (Å²) in [7, 11) is 6.33. The van der Waals surface area contributed by atoms with E-state index in [-0.39, 0.29) is 17.0 Å². The van der Waals surface area contributed by atoms with Gasteiger partial charge >= 0.3 is 0 Å². The van der Waals surface area contributed by atoms with Gasteiger partial charge in [-0.2, -0.15) is 0 Å². The lowest BCUT2D eigenvalue weighted by Crippen LogP contribution is -3.00. The van der Waals surface area contributed by atoms with Crippen molar-refractivity contribution < 1.29 is 21.5 Å². The van der Waals surface area contributed by atoms with Gasteiger partial charge in [0.25, 0.3) is 0 Å². The predicted molar refractivity (Wildman–Crippen MR) is 46.1 cm³/mol. The summed E-state index contributed by atoms with van der Waals surface area (Å²) < 4.78 is 0.856. The fourth-order valence-electron chi connectivity index (χ4n) is 0.736. The summed E-state index contributed by atoms with van der Waals surface area (Å²) in [5.74, 6) is 0. The molecular weight excluding hydrogens is 240 g/mol. The molecule has 0 spiro atoms. The topological polar surface area (TPSA) is 51.8 Å². The number of nitrogen functional groups attached to an aromatic ring is 1. The second-order valence-electron chi connectivity index (χ2n) is 3.48. The maximum absolute atomic E-state index is 5.44. The van der Waals surface area contributed by atoms with E-state index in [9.17, 15) is 0 Å². The lowest BCUT2D eigenvalue weighted by Gasteiger charge is -2.21. The van der Waals surface area contributed by atoms with E-state index in [2.05, 4.69) is 31.3 Å². The molecule has 1 heterocycles. The number of rotatable bonds is 2. The zero-order valence-corrected chi connectivity index (χ0v) is 9.81. The minimum atomic E-state index is 0. The molecule has 0 aliphatic carbocycles. The van der Waals surface area contributed by atoms with Crippen LogP contribution in [0.2, 0.25) is 0 Å². The number of halogens is 1. The molecule has 1 aromatic heterocycles. The highest BCUT2D eigenvalue weighted by Gasteiger charge is 2.11. The Morgan fingerprint density at radius 1 is 1.33 bits per heavy atom. The van der Waals surface area contributed by atoms with Gasteiger partial charge in [-0.25, -0.2) is 0 Å². The average molecular weight is 253 g/mol. The molecule has 0 aromatic carbocycles. The molecule has 0 radical (unpaired) electrons. The third-order valence-corrected chi connectivity index (χ3v) is 1.83. The zero-order chi connectivity index (χ0) is 8.48.